The number of carbonyl (C=O) groups excluding carboxylic acids is 2. The van der Waals surface area contributed by atoms with Gasteiger partial charge in [-0.3, -0.25) is 9.59 Å². The fraction of sp³-hybridized carbons (Fsp3) is 0.857. The summed E-state index contributed by atoms with van der Waals surface area (Å²) in [6, 6.07) is 0.0819. The topological polar surface area (TPSA) is 70.7 Å². The summed E-state index contributed by atoms with van der Waals surface area (Å²) in [4.78, 5) is 25.6. The molecular weight excluding hydrogens is 258 g/mol. The van der Waals surface area contributed by atoms with Crippen LogP contribution in [-0.4, -0.2) is 62.1 Å². The molecule has 0 spiro atoms. The van der Waals surface area contributed by atoms with Gasteiger partial charge in [0.15, 0.2) is 0 Å². The van der Waals surface area contributed by atoms with Crippen molar-refractivity contribution in [3.8, 4) is 0 Å². The molecule has 2 amide bonds. The second kappa shape index (κ2) is 8.92. The highest BCUT2D eigenvalue weighted by Crippen LogP contribution is 2.13. The molecule has 1 saturated heterocycles. The summed E-state index contributed by atoms with van der Waals surface area (Å²) in [6.07, 6.45) is 0.354. The number of likely N-dealkylation sites (N-methyl/N-ethyl adjacent to an activating group) is 1. The number of carbonyl (C=O) groups is 2. The van der Waals surface area contributed by atoms with Gasteiger partial charge in [0.1, 0.15) is 0 Å². The summed E-state index contributed by atoms with van der Waals surface area (Å²) < 4.78 is 5.35. The van der Waals surface area contributed by atoms with Gasteiger partial charge >= 0.3 is 0 Å². The van der Waals surface area contributed by atoms with Crippen LogP contribution in [0, 0.1) is 5.92 Å². The van der Waals surface area contributed by atoms with E-state index in [4.69, 9.17) is 4.74 Å². The molecule has 0 aromatic heterocycles. The van der Waals surface area contributed by atoms with Crippen LogP contribution < -0.4 is 10.6 Å². The van der Waals surface area contributed by atoms with Crippen LogP contribution in [0.5, 0.6) is 0 Å². The number of nitrogens with one attached hydrogen (secondary N) is 2. The van der Waals surface area contributed by atoms with Gasteiger partial charge in [0.25, 0.3) is 0 Å². The average molecular weight is 285 g/mol. The molecule has 0 aliphatic carbocycles. The third-order valence-electron chi connectivity index (χ3n) is 3.64. The van der Waals surface area contributed by atoms with E-state index in [2.05, 4.69) is 10.6 Å². The maximum atomic E-state index is 12.1. The number of rotatable bonds is 8. The van der Waals surface area contributed by atoms with Crippen molar-refractivity contribution in [2.24, 2.45) is 5.92 Å². The van der Waals surface area contributed by atoms with Crippen molar-refractivity contribution in [2.45, 2.75) is 33.2 Å². The summed E-state index contributed by atoms with van der Waals surface area (Å²) in [7, 11) is 0. The predicted molar refractivity (Wildman–Crippen MR) is 77.3 cm³/mol. The quantitative estimate of drug-likeness (QED) is 0.658. The minimum absolute atomic E-state index is 0.0270. The normalized spacial score (nSPS) is 21.8. The summed E-state index contributed by atoms with van der Waals surface area (Å²) >= 11 is 0. The Hall–Kier alpha value is -1.14. The smallest absolute Gasteiger partial charge is 0.227 e. The number of hydrogen-bond acceptors (Lipinski definition) is 4. The third kappa shape index (κ3) is 4.76. The Morgan fingerprint density at radius 2 is 1.90 bits per heavy atom. The number of hydrogen-bond donors (Lipinski definition) is 2. The Labute approximate surface area is 121 Å². The molecule has 6 nitrogen and oxygen atoms in total. The first kappa shape index (κ1) is 16.9. The molecule has 0 aromatic rings. The Morgan fingerprint density at radius 3 is 2.50 bits per heavy atom. The van der Waals surface area contributed by atoms with Crippen molar-refractivity contribution in [3.63, 3.8) is 0 Å². The van der Waals surface area contributed by atoms with Crippen LogP contribution in [0.1, 0.15) is 27.2 Å². The van der Waals surface area contributed by atoms with E-state index in [1.807, 2.05) is 20.8 Å². The van der Waals surface area contributed by atoms with Gasteiger partial charge in [-0.05, 0) is 20.4 Å². The second-order valence-electron chi connectivity index (χ2n) is 4.92. The van der Waals surface area contributed by atoms with E-state index >= 15 is 0 Å². The SMILES string of the molecule is CCNC1COCC1C(=O)NCCC(=O)N(CC)CC. The molecule has 116 valence electrons. The van der Waals surface area contributed by atoms with Crippen LogP contribution >= 0.6 is 0 Å². The first-order valence-corrected chi connectivity index (χ1v) is 7.50. The van der Waals surface area contributed by atoms with E-state index in [1.54, 1.807) is 4.90 Å². The lowest BCUT2D eigenvalue weighted by atomic mass is 10.0. The van der Waals surface area contributed by atoms with Crippen LogP contribution in [-0.2, 0) is 14.3 Å². The molecule has 1 aliphatic heterocycles. The zero-order valence-corrected chi connectivity index (χ0v) is 12.8. The molecule has 2 N–H and O–H groups in total. The molecule has 6 heteroatoms. The second-order valence-corrected chi connectivity index (χ2v) is 4.92. The van der Waals surface area contributed by atoms with Gasteiger partial charge in [0.2, 0.25) is 11.8 Å². The molecule has 1 rings (SSSR count). The Balaban J connectivity index is 2.31. The summed E-state index contributed by atoms with van der Waals surface area (Å²) in [5.41, 5.74) is 0. The molecule has 1 heterocycles. The van der Waals surface area contributed by atoms with E-state index in [1.165, 1.54) is 0 Å². The Kier molecular flexibility index (Phi) is 7.54. The first-order chi connectivity index (χ1) is 9.63. The van der Waals surface area contributed by atoms with Crippen molar-refractivity contribution in [2.75, 3.05) is 39.4 Å². The molecule has 0 aromatic carbocycles. The van der Waals surface area contributed by atoms with E-state index in [0.717, 1.165) is 6.54 Å². The summed E-state index contributed by atoms with van der Waals surface area (Å²) in [6.45, 7) is 9.58. The van der Waals surface area contributed by atoms with Crippen LogP contribution in [0.4, 0.5) is 0 Å². The lowest BCUT2D eigenvalue weighted by molar-refractivity contribution is -0.131. The van der Waals surface area contributed by atoms with E-state index in [-0.39, 0.29) is 23.8 Å². The Bertz CT molecular complexity index is 319. The molecule has 1 aliphatic rings. The maximum Gasteiger partial charge on any atom is 0.227 e. The van der Waals surface area contributed by atoms with Crippen molar-refractivity contribution in [3.05, 3.63) is 0 Å². The first-order valence-electron chi connectivity index (χ1n) is 7.50. The molecule has 1 fully saturated rings. The van der Waals surface area contributed by atoms with Crippen molar-refractivity contribution in [1.29, 1.82) is 0 Å². The molecular formula is C14H27N3O3. The molecule has 0 saturated carbocycles. The van der Waals surface area contributed by atoms with Gasteiger partial charge in [-0.1, -0.05) is 6.92 Å². The maximum absolute atomic E-state index is 12.1. The van der Waals surface area contributed by atoms with Crippen molar-refractivity contribution in [1.82, 2.24) is 15.5 Å². The van der Waals surface area contributed by atoms with E-state index in [9.17, 15) is 9.59 Å². The van der Waals surface area contributed by atoms with Crippen LogP contribution in [0.2, 0.25) is 0 Å². The highest BCUT2D eigenvalue weighted by molar-refractivity contribution is 5.81. The van der Waals surface area contributed by atoms with Crippen molar-refractivity contribution < 1.29 is 14.3 Å². The zero-order valence-electron chi connectivity index (χ0n) is 12.8. The highest BCUT2D eigenvalue weighted by atomic mass is 16.5. The minimum Gasteiger partial charge on any atom is -0.379 e. The fourth-order valence-corrected chi connectivity index (χ4v) is 2.43. The predicted octanol–water partition coefficient (Wildman–Crippen LogP) is -0.0144. The van der Waals surface area contributed by atoms with Gasteiger partial charge in [-0.2, -0.15) is 0 Å². The van der Waals surface area contributed by atoms with Crippen LogP contribution in [0.3, 0.4) is 0 Å². The lowest BCUT2D eigenvalue weighted by Crippen LogP contribution is -2.44. The van der Waals surface area contributed by atoms with Crippen LogP contribution in [0.25, 0.3) is 0 Å². The molecule has 2 atom stereocenters. The largest absolute Gasteiger partial charge is 0.379 e. The van der Waals surface area contributed by atoms with E-state index < -0.39 is 0 Å². The van der Waals surface area contributed by atoms with Crippen LogP contribution in [0.15, 0.2) is 0 Å². The zero-order chi connectivity index (χ0) is 15.0. The summed E-state index contributed by atoms with van der Waals surface area (Å²) in [5.74, 6) is -0.0968. The van der Waals surface area contributed by atoms with Gasteiger partial charge in [0, 0.05) is 32.1 Å². The number of nitrogens with zero attached hydrogens (tertiary/aromatic N) is 1. The molecule has 20 heavy (non-hydrogen) atoms. The number of amides is 2. The Morgan fingerprint density at radius 1 is 1.20 bits per heavy atom. The van der Waals surface area contributed by atoms with Crippen molar-refractivity contribution >= 4 is 11.8 Å². The average Bonchev–Trinajstić information content (AvgIpc) is 2.89. The van der Waals surface area contributed by atoms with E-state index in [0.29, 0.717) is 39.3 Å². The van der Waals surface area contributed by atoms with Gasteiger partial charge in [-0.25, -0.2) is 0 Å². The number of ether oxygens (including phenoxy) is 1. The molecule has 0 bridgehead atoms. The summed E-state index contributed by atoms with van der Waals surface area (Å²) in [5, 5.41) is 6.09. The lowest BCUT2D eigenvalue weighted by Gasteiger charge is -2.20. The fourth-order valence-electron chi connectivity index (χ4n) is 2.43. The monoisotopic (exact) mass is 285 g/mol. The molecule has 0 radical (unpaired) electrons. The standard InChI is InChI=1S/C14H27N3O3/c1-4-15-12-10-20-9-11(12)14(19)16-8-7-13(18)17(5-2)6-3/h11-12,15H,4-10H2,1-3H3,(H,16,19). The van der Waals surface area contributed by atoms with Gasteiger partial charge in [0.05, 0.1) is 19.1 Å². The third-order valence-corrected chi connectivity index (χ3v) is 3.64. The van der Waals surface area contributed by atoms with Gasteiger partial charge < -0.3 is 20.3 Å². The molecule has 2 unspecified atom stereocenters. The highest BCUT2D eigenvalue weighted by Gasteiger charge is 2.33. The van der Waals surface area contributed by atoms with Gasteiger partial charge in [-0.15, -0.1) is 0 Å². The minimum atomic E-state index is -0.154.